The lowest BCUT2D eigenvalue weighted by Gasteiger charge is -2.64. The highest BCUT2D eigenvalue weighted by atomic mass is 16.8. The molecule has 0 radical (unpaired) electrons. The van der Waals surface area contributed by atoms with Crippen LogP contribution in [-0.4, -0.2) is 343 Å². The van der Waals surface area contributed by atoms with E-state index in [0.717, 1.165) is 38.4 Å². The van der Waals surface area contributed by atoms with E-state index in [1.54, 1.807) is 0 Å². The Labute approximate surface area is 579 Å². The van der Waals surface area contributed by atoms with E-state index in [1.807, 2.05) is 13.0 Å². The summed E-state index contributed by atoms with van der Waals surface area (Å²) in [6.45, 7) is 9.93. The molecule has 33 nitrogen and oxygen atoms in total. The van der Waals surface area contributed by atoms with Gasteiger partial charge in [0.05, 0.1) is 51.8 Å². The summed E-state index contributed by atoms with van der Waals surface area (Å²) in [5.74, 6) is -0.208. The monoisotopic (exact) mass is 1440 g/mol. The van der Waals surface area contributed by atoms with Gasteiger partial charge in [-0.1, -0.05) is 59.6 Å². The van der Waals surface area contributed by atoms with Crippen LogP contribution in [-0.2, 0) is 75.8 Å². The zero-order valence-corrected chi connectivity index (χ0v) is 58.0. The first-order valence-corrected chi connectivity index (χ1v) is 35.3. The van der Waals surface area contributed by atoms with Crippen molar-refractivity contribution in [1.82, 2.24) is 0 Å². The van der Waals surface area contributed by atoms with E-state index in [1.165, 1.54) is 7.11 Å². The van der Waals surface area contributed by atoms with E-state index in [4.69, 9.17) is 71.1 Å². The Kier molecular flexibility index (Phi) is 24.4. The maximum absolute atomic E-state index is 14.6. The van der Waals surface area contributed by atoms with Crippen molar-refractivity contribution < 1.29 is 163 Å². The van der Waals surface area contributed by atoms with Gasteiger partial charge < -0.3 is 158 Å². The van der Waals surface area contributed by atoms with Crippen LogP contribution >= 0.6 is 0 Å². The number of aliphatic hydroxyl groups excluding tert-OH is 17. The molecule has 0 aromatic carbocycles. The number of fused-ring (bicyclic) bond motifs is 4. The SMILES string of the molecule is CO[C@@H]1[C@@H](O)[C@H](O[C@@H]2[C@@H](O)[C@H](O[C@H]3[C@H](O)[C@@H](O)[C@H](O[C@H]4[C@H](O[C@H]5CC[C@]6(C)C7=C[C@H](O)C89C(=O)O[C@@](C)(CCCC(C)C)[C@H]8CC[C@@]9(C)C7CCC6C5(C)C)OC[C@@H](O[C@@H]5O[C@H](CO)[C@@H](O)[C@H](O[C@@H]6O[C@H](CO)[C@@H](O)[C@H](OC)[C@H]6O)[C@H]5O)[C@@H]4O)O[C@@H]3CO)O[C@H](CO)[C@H]2O)O[C@H](CO)[C@H]1O. The number of rotatable bonds is 23. The predicted molar refractivity (Wildman–Crippen MR) is 333 cm³/mol. The molecule has 4 aliphatic carbocycles. The Bertz CT molecular complexity index is 2750. The normalized spacial score (nSPS) is 52.5. The summed E-state index contributed by atoms with van der Waals surface area (Å²) in [6, 6.07) is 0. The standard InChI is InChI=1S/C67H110O33/c1-26(2)11-10-16-66(7)36-14-18-65(6)27-12-13-35-63(3,4)38(15-17-64(35,5)28(27)19-37(73)67(36,65)62(85)100-66)95-61-55(43(78)34(25-88-61)94-57-48(83)53(41(76)31(22-70)89-57)97-58-46(81)51(86-8)39(74)29(20-68)90-58)99-56-45(80)44(79)50(33(24-72)93-56)96-60-49(84)54(42(77)32(23-71)92-60)98-59-47(82)52(87-9)40(75)30(21-69)91-59/h19,26-27,29-61,68-84H,10-18,20-25H2,1-9H3/t27?,29-,30-,31-,32-,33-,34-,35?,36-,37+,38+,39-,40-,41-,42-,43+,44-,45-,46-,47-,48-,49-,50-,51+,52+,53+,54+,55-,56+,57+,58+,59+,60+,61+,64-,65+,66+,67?/m1/s1. The van der Waals surface area contributed by atoms with Crippen LogP contribution in [0.3, 0.4) is 0 Å². The molecule has 3 saturated carbocycles. The fourth-order valence-corrected chi connectivity index (χ4v) is 19.4. The van der Waals surface area contributed by atoms with Gasteiger partial charge in [-0.25, -0.2) is 0 Å². The Balaban J connectivity index is 0.847. The number of carbonyl (C=O) groups is 1. The second-order valence-electron chi connectivity index (χ2n) is 31.2. The molecule has 33 heteroatoms. The highest BCUT2D eigenvalue weighted by molar-refractivity contribution is 5.84. The number of allylic oxidation sites excluding steroid dienone is 1. The number of methoxy groups -OCH3 is 2. The lowest BCUT2D eigenvalue weighted by atomic mass is 9.40. The number of hydrogen-bond donors (Lipinski definition) is 17. The molecule has 576 valence electrons. The van der Waals surface area contributed by atoms with E-state index in [2.05, 4.69) is 41.5 Å². The van der Waals surface area contributed by atoms with Crippen molar-refractivity contribution in [3.63, 3.8) is 0 Å². The molecule has 17 N–H and O–H groups in total. The molecule has 3 unspecified atom stereocenters. The summed E-state index contributed by atoms with van der Waals surface area (Å²) in [5, 5.41) is 191. The van der Waals surface area contributed by atoms with Gasteiger partial charge in [0.15, 0.2) is 37.7 Å². The first-order chi connectivity index (χ1) is 47.3. The van der Waals surface area contributed by atoms with Crippen molar-refractivity contribution in [2.45, 2.75) is 302 Å². The zero-order valence-electron chi connectivity index (χ0n) is 58.0. The summed E-state index contributed by atoms with van der Waals surface area (Å²) >= 11 is 0. The molecule has 0 amide bonds. The Hall–Kier alpha value is -2.03. The molecule has 11 rings (SSSR count). The lowest BCUT2D eigenvalue weighted by Crippen LogP contribution is -2.68. The van der Waals surface area contributed by atoms with Gasteiger partial charge in [0.2, 0.25) is 0 Å². The third-order valence-corrected chi connectivity index (χ3v) is 24.9. The van der Waals surface area contributed by atoms with Crippen LogP contribution in [0.5, 0.6) is 0 Å². The number of hydrogen-bond acceptors (Lipinski definition) is 33. The number of esters is 1. The summed E-state index contributed by atoms with van der Waals surface area (Å²) in [5.41, 5.74) is -2.64. The smallest absolute Gasteiger partial charge is 0.316 e. The molecule has 11 aliphatic rings. The molecule has 0 aromatic rings. The van der Waals surface area contributed by atoms with E-state index >= 15 is 0 Å². The number of ether oxygens (including phenoxy) is 15. The van der Waals surface area contributed by atoms with Crippen LogP contribution in [0.15, 0.2) is 11.6 Å². The molecule has 7 aliphatic heterocycles. The molecule has 0 bridgehead atoms. The fraction of sp³-hybridized carbons (Fsp3) is 0.955. The van der Waals surface area contributed by atoms with Crippen molar-refractivity contribution >= 4 is 5.97 Å². The van der Waals surface area contributed by atoms with Gasteiger partial charge in [0.25, 0.3) is 0 Å². The largest absolute Gasteiger partial charge is 0.459 e. The topological polar surface area (TPSA) is 499 Å². The van der Waals surface area contributed by atoms with Crippen molar-refractivity contribution in [2.75, 3.05) is 53.9 Å². The Morgan fingerprint density at radius 1 is 0.480 bits per heavy atom. The molecule has 38 atom stereocenters. The van der Waals surface area contributed by atoms with Gasteiger partial charge >= 0.3 is 5.97 Å². The lowest BCUT2D eigenvalue weighted by molar-refractivity contribution is -0.399. The minimum Gasteiger partial charge on any atom is -0.459 e. The van der Waals surface area contributed by atoms with Crippen LogP contribution < -0.4 is 0 Å². The van der Waals surface area contributed by atoms with Gasteiger partial charge in [0.1, 0.15) is 151 Å². The van der Waals surface area contributed by atoms with E-state index in [-0.39, 0.29) is 23.7 Å². The molecule has 7 heterocycles. The van der Waals surface area contributed by atoms with Gasteiger partial charge in [-0.3, -0.25) is 4.79 Å². The van der Waals surface area contributed by atoms with Crippen molar-refractivity contribution in [3.05, 3.63) is 11.6 Å². The first-order valence-electron chi connectivity index (χ1n) is 35.3. The minimum atomic E-state index is -2.19. The van der Waals surface area contributed by atoms with E-state index in [0.29, 0.717) is 38.0 Å². The van der Waals surface area contributed by atoms with Gasteiger partial charge in [-0.2, -0.15) is 0 Å². The van der Waals surface area contributed by atoms with Crippen LogP contribution in [0.25, 0.3) is 0 Å². The van der Waals surface area contributed by atoms with Crippen LogP contribution in [0.1, 0.15) is 106 Å². The third kappa shape index (κ3) is 13.5. The molecule has 0 aromatic heterocycles. The quantitative estimate of drug-likeness (QED) is 0.0259. The average Bonchev–Trinajstić information content (AvgIpc) is 1.47. The second kappa shape index (κ2) is 30.9. The summed E-state index contributed by atoms with van der Waals surface area (Å²) in [7, 11) is 2.34. The molecule has 1 spiro atoms. The Morgan fingerprint density at radius 3 is 1.44 bits per heavy atom. The van der Waals surface area contributed by atoms with E-state index < -0.39 is 257 Å². The maximum Gasteiger partial charge on any atom is 0.316 e. The van der Waals surface area contributed by atoms with Crippen LogP contribution in [0, 0.1) is 45.3 Å². The van der Waals surface area contributed by atoms with Gasteiger partial charge in [0, 0.05) is 20.1 Å². The minimum absolute atomic E-state index is 0.0553. The number of carbonyl (C=O) groups excluding carboxylic acids is 1. The Morgan fingerprint density at radius 2 is 0.940 bits per heavy atom. The molecule has 10 fully saturated rings. The summed E-state index contributed by atoms with van der Waals surface area (Å²) < 4.78 is 89.8. The maximum atomic E-state index is 14.6. The summed E-state index contributed by atoms with van der Waals surface area (Å²) in [6.07, 6.45) is -44.7. The van der Waals surface area contributed by atoms with Gasteiger partial charge in [-0.05, 0) is 92.3 Å². The third-order valence-electron chi connectivity index (χ3n) is 24.9. The molecule has 100 heavy (non-hydrogen) atoms. The van der Waals surface area contributed by atoms with E-state index in [9.17, 15) is 91.6 Å². The average molecular weight is 1440 g/mol. The highest BCUT2D eigenvalue weighted by Gasteiger charge is 2.79. The van der Waals surface area contributed by atoms with Crippen LogP contribution in [0.4, 0.5) is 0 Å². The highest BCUT2D eigenvalue weighted by Crippen LogP contribution is 2.76. The molecular weight excluding hydrogens is 1330 g/mol. The van der Waals surface area contributed by atoms with Gasteiger partial charge in [-0.15, -0.1) is 0 Å². The number of cyclic esters (lactones) is 1. The first kappa shape index (κ1) is 79.0. The predicted octanol–water partition coefficient (Wildman–Crippen LogP) is -5.06. The van der Waals surface area contributed by atoms with Crippen molar-refractivity contribution in [2.24, 2.45) is 45.3 Å². The van der Waals surface area contributed by atoms with Crippen molar-refractivity contribution in [1.29, 1.82) is 0 Å². The zero-order chi connectivity index (χ0) is 72.8. The fourth-order valence-electron chi connectivity index (χ4n) is 19.4. The second-order valence-corrected chi connectivity index (χ2v) is 31.2. The molecular formula is C67H110O33. The van der Waals surface area contributed by atoms with Crippen LogP contribution in [0.2, 0.25) is 0 Å². The summed E-state index contributed by atoms with van der Waals surface area (Å²) in [4.78, 5) is 14.6. The van der Waals surface area contributed by atoms with Crippen molar-refractivity contribution in [3.8, 4) is 0 Å². The number of aliphatic hydroxyl groups is 17. The molecule has 7 saturated heterocycles.